The Hall–Kier alpha value is -8.08. The molecule has 274 valence electrons. The van der Waals surface area contributed by atoms with E-state index in [1.165, 1.54) is 0 Å². The molecule has 10 heteroatoms. The molecule has 0 N–H and O–H groups in total. The zero-order valence-electron chi connectivity index (χ0n) is 32.0. The van der Waals surface area contributed by atoms with Gasteiger partial charge in [-0.15, -0.1) is 0 Å². The molecule has 0 spiro atoms. The summed E-state index contributed by atoms with van der Waals surface area (Å²) in [6.07, 6.45) is 0. The normalized spacial score (nSPS) is 11.4. The first-order valence-corrected chi connectivity index (χ1v) is 18.8. The number of aromatic nitrogens is 8. The minimum absolute atomic E-state index is 0.492. The number of hydrogen-bond donors (Lipinski definition) is 0. The van der Waals surface area contributed by atoms with Crippen molar-refractivity contribution in [3.63, 3.8) is 0 Å². The van der Waals surface area contributed by atoms with Gasteiger partial charge in [-0.25, -0.2) is 29.9 Å². The molecule has 0 fully saturated rings. The number of benzene rings is 6. The fraction of sp³-hybridized carbons (Fsp3) is 0.0833. The van der Waals surface area contributed by atoms with Crippen LogP contribution >= 0.6 is 0 Å². The van der Waals surface area contributed by atoms with Crippen LogP contribution in [0.2, 0.25) is 0 Å². The van der Waals surface area contributed by atoms with Gasteiger partial charge in [-0.2, -0.15) is 10.5 Å². The van der Waals surface area contributed by atoms with Crippen LogP contribution in [0.25, 0.3) is 88.9 Å². The number of aryl methyl sites for hydroxylation is 4. The minimum Gasteiger partial charge on any atom is -0.308 e. The minimum atomic E-state index is 0.492. The molecule has 6 aromatic carbocycles. The molecule has 10 nitrogen and oxygen atoms in total. The van der Waals surface area contributed by atoms with Gasteiger partial charge in [0, 0.05) is 32.7 Å². The summed E-state index contributed by atoms with van der Waals surface area (Å²) in [6, 6.07) is 45.6. The molecule has 4 aromatic heterocycles. The molecule has 0 aliphatic heterocycles. The fourth-order valence-corrected chi connectivity index (χ4v) is 8.25. The van der Waals surface area contributed by atoms with Crippen LogP contribution in [0.5, 0.6) is 0 Å². The second-order valence-electron chi connectivity index (χ2n) is 14.4. The third-order valence-corrected chi connectivity index (χ3v) is 10.6. The fourth-order valence-electron chi connectivity index (χ4n) is 8.25. The molecule has 0 aliphatic rings. The van der Waals surface area contributed by atoms with E-state index in [0.29, 0.717) is 57.4 Å². The molecule has 0 amide bonds. The Bertz CT molecular complexity index is 3200. The van der Waals surface area contributed by atoms with Gasteiger partial charge in [0.1, 0.15) is 34.9 Å². The van der Waals surface area contributed by atoms with Gasteiger partial charge in [0.25, 0.3) is 0 Å². The first-order valence-electron chi connectivity index (χ1n) is 18.8. The molecule has 0 aliphatic carbocycles. The Labute approximate surface area is 333 Å². The van der Waals surface area contributed by atoms with Crippen LogP contribution in [0.1, 0.15) is 34.4 Å². The first kappa shape index (κ1) is 34.4. The third-order valence-electron chi connectivity index (χ3n) is 10.6. The van der Waals surface area contributed by atoms with Gasteiger partial charge >= 0.3 is 0 Å². The Morgan fingerprint density at radius 2 is 0.862 bits per heavy atom. The molecule has 0 radical (unpaired) electrons. The van der Waals surface area contributed by atoms with Gasteiger partial charge in [-0.3, -0.25) is 0 Å². The average Bonchev–Trinajstić information content (AvgIpc) is 3.74. The summed E-state index contributed by atoms with van der Waals surface area (Å²) in [5.41, 5.74) is 9.66. The van der Waals surface area contributed by atoms with Gasteiger partial charge < -0.3 is 9.13 Å². The second-order valence-corrected chi connectivity index (χ2v) is 14.4. The van der Waals surface area contributed by atoms with E-state index >= 15 is 0 Å². The lowest BCUT2D eigenvalue weighted by atomic mass is 9.98. The van der Waals surface area contributed by atoms with Crippen LogP contribution in [-0.2, 0) is 0 Å². The Balaban J connectivity index is 1.29. The van der Waals surface area contributed by atoms with E-state index in [0.717, 1.165) is 65.9 Å². The van der Waals surface area contributed by atoms with Crippen LogP contribution in [-0.4, -0.2) is 39.0 Å². The molecular weight excluding hydrogens is 717 g/mol. The lowest BCUT2D eigenvalue weighted by Gasteiger charge is -2.18. The van der Waals surface area contributed by atoms with Gasteiger partial charge in [0.05, 0.1) is 45.1 Å². The van der Waals surface area contributed by atoms with Gasteiger partial charge in [0.15, 0.2) is 11.6 Å². The van der Waals surface area contributed by atoms with Gasteiger partial charge in [-0.05, 0) is 112 Å². The number of nitrogens with zero attached hydrogens (tertiary/aromatic N) is 10. The SMILES string of the molecule is Cc1nc(C)nc(-c2ccc3c(c2)c2ccccc2n3-c2cc(-c3cccc(C#N)c3)cc(-n3c4ccccc4c4cc(-c5nc(C)nc(C)n5)ccc43)c2C#N)n1. The zero-order chi connectivity index (χ0) is 39.7. The molecule has 4 heterocycles. The van der Waals surface area contributed by atoms with Crippen LogP contribution in [0, 0.1) is 50.4 Å². The maximum Gasteiger partial charge on any atom is 0.163 e. The van der Waals surface area contributed by atoms with E-state index in [-0.39, 0.29) is 0 Å². The van der Waals surface area contributed by atoms with Crippen molar-refractivity contribution in [2.75, 3.05) is 0 Å². The van der Waals surface area contributed by atoms with Crippen molar-refractivity contribution in [1.82, 2.24) is 39.0 Å². The summed E-state index contributed by atoms with van der Waals surface area (Å²) in [5, 5.41) is 25.3. The molecule has 10 rings (SSSR count). The second kappa shape index (κ2) is 13.3. The Kier molecular flexibility index (Phi) is 7.89. The Morgan fingerprint density at radius 1 is 0.397 bits per heavy atom. The highest BCUT2D eigenvalue weighted by atomic mass is 15.0. The topological polar surface area (TPSA) is 135 Å². The highest BCUT2D eigenvalue weighted by molar-refractivity contribution is 6.12. The number of hydrogen-bond acceptors (Lipinski definition) is 8. The average molecular weight is 749 g/mol. The number of para-hydroxylation sites is 2. The van der Waals surface area contributed by atoms with Gasteiger partial charge in [0.2, 0.25) is 0 Å². The van der Waals surface area contributed by atoms with Crippen molar-refractivity contribution >= 4 is 43.6 Å². The first-order chi connectivity index (χ1) is 28.3. The van der Waals surface area contributed by atoms with E-state index in [1.807, 2.05) is 82.3 Å². The lowest BCUT2D eigenvalue weighted by Crippen LogP contribution is -2.05. The summed E-state index contributed by atoms with van der Waals surface area (Å²) < 4.78 is 4.35. The van der Waals surface area contributed by atoms with Crippen LogP contribution in [0.15, 0.2) is 121 Å². The number of fused-ring (bicyclic) bond motifs is 6. The van der Waals surface area contributed by atoms with Crippen molar-refractivity contribution in [2.24, 2.45) is 0 Å². The number of nitriles is 2. The lowest BCUT2D eigenvalue weighted by molar-refractivity contribution is 0.928. The van der Waals surface area contributed by atoms with E-state index in [2.05, 4.69) is 112 Å². The molecule has 10 aromatic rings. The van der Waals surface area contributed by atoms with E-state index < -0.39 is 0 Å². The molecular formula is C48H32N10. The number of rotatable bonds is 5. The van der Waals surface area contributed by atoms with Crippen LogP contribution in [0.4, 0.5) is 0 Å². The molecule has 0 unspecified atom stereocenters. The summed E-state index contributed by atoms with van der Waals surface area (Å²) >= 11 is 0. The summed E-state index contributed by atoms with van der Waals surface area (Å²) in [5.74, 6) is 3.85. The van der Waals surface area contributed by atoms with Crippen molar-refractivity contribution in [2.45, 2.75) is 27.7 Å². The van der Waals surface area contributed by atoms with Crippen LogP contribution < -0.4 is 0 Å². The Morgan fingerprint density at radius 3 is 1.33 bits per heavy atom. The maximum atomic E-state index is 11.4. The van der Waals surface area contributed by atoms with E-state index in [4.69, 9.17) is 0 Å². The predicted molar refractivity (Wildman–Crippen MR) is 227 cm³/mol. The largest absolute Gasteiger partial charge is 0.308 e. The monoisotopic (exact) mass is 748 g/mol. The molecule has 0 saturated carbocycles. The van der Waals surface area contributed by atoms with Gasteiger partial charge in [-0.1, -0.05) is 48.5 Å². The van der Waals surface area contributed by atoms with Crippen LogP contribution in [0.3, 0.4) is 0 Å². The summed E-state index contributed by atoms with van der Waals surface area (Å²) in [6.45, 7) is 7.48. The smallest absolute Gasteiger partial charge is 0.163 e. The van der Waals surface area contributed by atoms with E-state index in [9.17, 15) is 10.5 Å². The maximum absolute atomic E-state index is 11.4. The highest BCUT2D eigenvalue weighted by Crippen LogP contribution is 2.41. The summed E-state index contributed by atoms with van der Waals surface area (Å²) in [7, 11) is 0. The molecule has 0 bridgehead atoms. The zero-order valence-corrected chi connectivity index (χ0v) is 32.0. The quantitative estimate of drug-likeness (QED) is 0.170. The molecule has 58 heavy (non-hydrogen) atoms. The molecule has 0 saturated heterocycles. The van der Waals surface area contributed by atoms with Crippen molar-refractivity contribution in [1.29, 1.82) is 10.5 Å². The van der Waals surface area contributed by atoms with Crippen molar-refractivity contribution in [3.05, 3.63) is 156 Å². The molecule has 0 atom stereocenters. The predicted octanol–water partition coefficient (Wildman–Crippen LogP) is 10.2. The summed E-state index contributed by atoms with van der Waals surface area (Å²) in [4.78, 5) is 27.4. The standard InChI is InChI=1S/C48H32N10/c1-27-51-28(2)54-47(53-27)33-16-18-43-38(21-33)36-12-5-7-14-41(36)57(43)45-23-35(32-11-9-10-31(20-32)25-49)24-46(40(45)26-50)58-42-15-8-6-13-37(42)39-22-34(17-19-44(39)58)48-55-29(3)52-30(4)56-48/h5-24H,1-4H3. The third kappa shape index (κ3) is 5.55. The van der Waals surface area contributed by atoms with Crippen molar-refractivity contribution < 1.29 is 0 Å². The van der Waals surface area contributed by atoms with Crippen molar-refractivity contribution in [3.8, 4) is 57.4 Å². The van der Waals surface area contributed by atoms with E-state index in [1.54, 1.807) is 6.07 Å². The highest BCUT2D eigenvalue weighted by Gasteiger charge is 2.23.